The van der Waals surface area contributed by atoms with Crippen molar-refractivity contribution in [3.63, 3.8) is 0 Å². The molecule has 0 aliphatic rings. The molecule has 4 nitrogen and oxygen atoms in total. The van der Waals surface area contributed by atoms with Crippen molar-refractivity contribution < 1.29 is 4.39 Å². The summed E-state index contributed by atoms with van der Waals surface area (Å²) >= 11 is 0. The molecular formula is C9H8FN3O. The Morgan fingerprint density at radius 1 is 1.50 bits per heavy atom. The molecule has 0 aliphatic carbocycles. The summed E-state index contributed by atoms with van der Waals surface area (Å²) in [6, 6.07) is 4.60. The van der Waals surface area contributed by atoms with Gasteiger partial charge in [-0.05, 0) is 24.6 Å². The second-order valence-corrected chi connectivity index (χ2v) is 2.96. The van der Waals surface area contributed by atoms with Gasteiger partial charge in [-0.25, -0.2) is 9.18 Å². The molecule has 0 fully saturated rings. The van der Waals surface area contributed by atoms with Crippen LogP contribution in [0.4, 0.5) is 4.39 Å². The van der Waals surface area contributed by atoms with E-state index in [1.165, 1.54) is 18.5 Å². The Labute approximate surface area is 79.0 Å². The van der Waals surface area contributed by atoms with Crippen LogP contribution in [0.2, 0.25) is 0 Å². The molecule has 72 valence electrons. The van der Waals surface area contributed by atoms with Gasteiger partial charge in [-0.15, -0.1) is 0 Å². The molecule has 1 heterocycles. The van der Waals surface area contributed by atoms with Gasteiger partial charge in [-0.2, -0.15) is 9.78 Å². The molecule has 0 atom stereocenters. The van der Waals surface area contributed by atoms with E-state index in [-0.39, 0.29) is 5.69 Å². The van der Waals surface area contributed by atoms with Gasteiger partial charge in [-0.3, -0.25) is 4.98 Å². The Kier molecular flexibility index (Phi) is 1.92. The molecule has 1 N–H and O–H groups in total. The van der Waals surface area contributed by atoms with Crippen molar-refractivity contribution in [1.82, 2.24) is 14.8 Å². The summed E-state index contributed by atoms with van der Waals surface area (Å²) in [6.07, 6.45) is 1.22. The minimum absolute atomic E-state index is 0.154. The van der Waals surface area contributed by atoms with Crippen molar-refractivity contribution in [2.24, 2.45) is 0 Å². The van der Waals surface area contributed by atoms with Gasteiger partial charge in [0.15, 0.2) is 0 Å². The van der Waals surface area contributed by atoms with Crippen LogP contribution in [-0.2, 0) is 0 Å². The standard InChI is InChI=1S/C9H8FN3O/c1-6-2-3-8(7(10)4-6)13-9(14)11-5-12-13/h2-5H,1H3,(H,11,12,14). The Morgan fingerprint density at radius 3 is 2.86 bits per heavy atom. The monoisotopic (exact) mass is 193 g/mol. The molecule has 0 saturated heterocycles. The van der Waals surface area contributed by atoms with Crippen LogP contribution in [0, 0.1) is 12.7 Å². The Morgan fingerprint density at radius 2 is 2.29 bits per heavy atom. The summed E-state index contributed by atoms with van der Waals surface area (Å²) in [4.78, 5) is 13.5. The lowest BCUT2D eigenvalue weighted by atomic mass is 10.2. The number of benzene rings is 1. The van der Waals surface area contributed by atoms with E-state index in [0.717, 1.165) is 10.2 Å². The van der Waals surface area contributed by atoms with E-state index in [9.17, 15) is 9.18 Å². The maximum absolute atomic E-state index is 13.4. The number of hydrogen-bond donors (Lipinski definition) is 1. The van der Waals surface area contributed by atoms with Crippen LogP contribution in [0.3, 0.4) is 0 Å². The zero-order chi connectivity index (χ0) is 10.1. The van der Waals surface area contributed by atoms with Crippen molar-refractivity contribution in [2.75, 3.05) is 0 Å². The first-order valence-corrected chi connectivity index (χ1v) is 4.08. The normalized spacial score (nSPS) is 10.4. The highest BCUT2D eigenvalue weighted by molar-refractivity contribution is 5.34. The predicted molar refractivity (Wildman–Crippen MR) is 48.9 cm³/mol. The molecule has 1 aromatic heterocycles. The fourth-order valence-corrected chi connectivity index (χ4v) is 1.21. The van der Waals surface area contributed by atoms with Gasteiger partial charge < -0.3 is 0 Å². The topological polar surface area (TPSA) is 50.7 Å². The summed E-state index contributed by atoms with van der Waals surface area (Å²) in [7, 11) is 0. The van der Waals surface area contributed by atoms with Gasteiger partial charge in [-0.1, -0.05) is 6.07 Å². The number of halogens is 1. The smallest absolute Gasteiger partial charge is 0.295 e. The van der Waals surface area contributed by atoms with Crippen molar-refractivity contribution >= 4 is 0 Å². The van der Waals surface area contributed by atoms with Crippen LogP contribution in [0.25, 0.3) is 5.69 Å². The zero-order valence-corrected chi connectivity index (χ0v) is 7.49. The third kappa shape index (κ3) is 1.32. The highest BCUT2D eigenvalue weighted by Gasteiger charge is 2.07. The first-order chi connectivity index (χ1) is 6.68. The molecule has 14 heavy (non-hydrogen) atoms. The molecule has 0 unspecified atom stereocenters. The maximum Gasteiger partial charge on any atom is 0.347 e. The van der Waals surface area contributed by atoms with Crippen molar-refractivity contribution in [2.45, 2.75) is 6.92 Å². The van der Waals surface area contributed by atoms with Crippen LogP contribution in [0.1, 0.15) is 5.56 Å². The molecule has 0 saturated carbocycles. The minimum atomic E-state index is -0.459. The molecule has 5 heteroatoms. The largest absolute Gasteiger partial charge is 0.347 e. The van der Waals surface area contributed by atoms with E-state index < -0.39 is 11.5 Å². The summed E-state index contributed by atoms with van der Waals surface area (Å²) in [5.41, 5.74) is 0.504. The number of aryl methyl sites for hydroxylation is 1. The van der Waals surface area contributed by atoms with Crippen molar-refractivity contribution in [3.8, 4) is 5.69 Å². The molecule has 1 aromatic carbocycles. The molecule has 2 rings (SSSR count). The van der Waals surface area contributed by atoms with Crippen LogP contribution in [-0.4, -0.2) is 14.8 Å². The van der Waals surface area contributed by atoms with E-state index in [4.69, 9.17) is 0 Å². The zero-order valence-electron chi connectivity index (χ0n) is 7.49. The van der Waals surface area contributed by atoms with Gasteiger partial charge in [0.25, 0.3) is 0 Å². The molecule has 2 aromatic rings. The average Bonchev–Trinajstić information content (AvgIpc) is 2.52. The van der Waals surface area contributed by atoms with E-state index >= 15 is 0 Å². The molecule has 0 aliphatic heterocycles. The SMILES string of the molecule is Cc1ccc(-n2nc[nH]c2=O)c(F)c1. The second kappa shape index (κ2) is 3.10. The first-order valence-electron chi connectivity index (χ1n) is 4.08. The first kappa shape index (κ1) is 8.68. The van der Waals surface area contributed by atoms with Crippen molar-refractivity contribution in [3.05, 3.63) is 46.4 Å². The number of nitrogens with zero attached hydrogens (tertiary/aromatic N) is 2. The Balaban J connectivity index is 2.63. The van der Waals surface area contributed by atoms with E-state index in [1.54, 1.807) is 13.0 Å². The molecule has 0 bridgehead atoms. The molecule has 0 spiro atoms. The Bertz CT molecular complexity index is 515. The van der Waals surface area contributed by atoms with Crippen LogP contribution in [0.5, 0.6) is 0 Å². The lowest BCUT2D eigenvalue weighted by Crippen LogP contribution is -2.17. The highest BCUT2D eigenvalue weighted by Crippen LogP contribution is 2.11. The van der Waals surface area contributed by atoms with Crippen LogP contribution < -0.4 is 5.69 Å². The number of rotatable bonds is 1. The summed E-state index contributed by atoms with van der Waals surface area (Å²) in [6.45, 7) is 1.78. The van der Waals surface area contributed by atoms with E-state index in [1.807, 2.05) is 0 Å². The minimum Gasteiger partial charge on any atom is -0.295 e. The maximum atomic E-state index is 13.4. The van der Waals surface area contributed by atoms with Gasteiger partial charge in [0.2, 0.25) is 0 Å². The number of aromatic nitrogens is 3. The lowest BCUT2D eigenvalue weighted by Gasteiger charge is -2.01. The van der Waals surface area contributed by atoms with Gasteiger partial charge in [0, 0.05) is 0 Å². The van der Waals surface area contributed by atoms with Crippen LogP contribution in [0.15, 0.2) is 29.3 Å². The fourth-order valence-electron chi connectivity index (χ4n) is 1.21. The quantitative estimate of drug-likeness (QED) is 0.734. The van der Waals surface area contributed by atoms with E-state index in [2.05, 4.69) is 10.1 Å². The lowest BCUT2D eigenvalue weighted by molar-refractivity contribution is 0.606. The van der Waals surface area contributed by atoms with Gasteiger partial charge in [0.05, 0.1) is 0 Å². The third-order valence-corrected chi connectivity index (χ3v) is 1.88. The van der Waals surface area contributed by atoms with E-state index in [0.29, 0.717) is 0 Å². The second-order valence-electron chi connectivity index (χ2n) is 2.96. The summed E-state index contributed by atoms with van der Waals surface area (Å²) in [5.74, 6) is -0.459. The highest BCUT2D eigenvalue weighted by atomic mass is 19.1. The molecule has 0 amide bonds. The fraction of sp³-hybridized carbons (Fsp3) is 0.111. The van der Waals surface area contributed by atoms with Gasteiger partial charge >= 0.3 is 5.69 Å². The molecular weight excluding hydrogens is 185 g/mol. The number of H-pyrrole nitrogens is 1. The molecule has 0 radical (unpaired) electrons. The predicted octanol–water partition coefficient (Wildman–Crippen LogP) is 1.01. The van der Waals surface area contributed by atoms with Crippen molar-refractivity contribution in [1.29, 1.82) is 0 Å². The van der Waals surface area contributed by atoms with Crippen LogP contribution >= 0.6 is 0 Å². The number of nitrogens with one attached hydrogen (secondary N) is 1. The number of aromatic amines is 1. The summed E-state index contributed by atoms with van der Waals surface area (Å²) in [5, 5.41) is 3.69. The third-order valence-electron chi connectivity index (χ3n) is 1.88. The summed E-state index contributed by atoms with van der Waals surface area (Å²) < 4.78 is 14.4. The number of hydrogen-bond acceptors (Lipinski definition) is 2. The Hall–Kier alpha value is -1.91. The average molecular weight is 193 g/mol. The van der Waals surface area contributed by atoms with Gasteiger partial charge in [0.1, 0.15) is 17.8 Å².